The molecule has 1 heterocycles. The lowest BCUT2D eigenvalue weighted by atomic mass is 9.90. The lowest BCUT2D eigenvalue weighted by molar-refractivity contribution is 0.0843. The monoisotopic (exact) mass is 228 g/mol. The first-order chi connectivity index (χ1) is 7.65. The largest absolute Gasteiger partial charge is 0.384 e. The zero-order valence-electron chi connectivity index (χ0n) is 11.4. The van der Waals surface area contributed by atoms with Gasteiger partial charge in [0.25, 0.3) is 0 Å². The summed E-state index contributed by atoms with van der Waals surface area (Å²) >= 11 is 0. The molecule has 0 bridgehead atoms. The highest BCUT2D eigenvalue weighted by molar-refractivity contribution is 4.92. The van der Waals surface area contributed by atoms with E-state index in [1.165, 1.54) is 25.9 Å². The van der Waals surface area contributed by atoms with Gasteiger partial charge in [-0.2, -0.15) is 0 Å². The molecule has 0 saturated carbocycles. The molecule has 1 rings (SSSR count). The Bertz CT molecular complexity index is 192. The van der Waals surface area contributed by atoms with Crippen molar-refractivity contribution in [2.24, 2.45) is 5.92 Å². The van der Waals surface area contributed by atoms with Crippen LogP contribution in [0.2, 0.25) is 0 Å². The Morgan fingerprint density at radius 1 is 1.38 bits per heavy atom. The summed E-state index contributed by atoms with van der Waals surface area (Å²) in [5.41, 5.74) is 0.352. The van der Waals surface area contributed by atoms with Crippen molar-refractivity contribution in [3.05, 3.63) is 0 Å². The van der Waals surface area contributed by atoms with Gasteiger partial charge in [0.1, 0.15) is 0 Å². The third-order valence-electron chi connectivity index (χ3n) is 3.83. The first kappa shape index (κ1) is 13.9. The summed E-state index contributed by atoms with van der Waals surface area (Å²) in [5, 5.41) is 3.69. The third kappa shape index (κ3) is 3.72. The van der Waals surface area contributed by atoms with E-state index in [1.54, 1.807) is 7.11 Å². The fraction of sp³-hybridized carbons (Fsp3) is 1.00. The van der Waals surface area contributed by atoms with Gasteiger partial charge in [-0.15, -0.1) is 0 Å². The van der Waals surface area contributed by atoms with E-state index in [0.717, 1.165) is 19.7 Å². The van der Waals surface area contributed by atoms with Crippen molar-refractivity contribution in [1.82, 2.24) is 10.2 Å². The number of rotatable bonds is 6. The quantitative estimate of drug-likeness (QED) is 0.749. The predicted octanol–water partition coefficient (Wildman–Crippen LogP) is 1.73. The number of methoxy groups -OCH3 is 1. The Morgan fingerprint density at radius 2 is 2.06 bits per heavy atom. The van der Waals surface area contributed by atoms with Gasteiger partial charge < -0.3 is 10.1 Å². The van der Waals surface area contributed by atoms with Gasteiger partial charge in [-0.05, 0) is 18.8 Å². The lowest BCUT2D eigenvalue weighted by Gasteiger charge is -2.43. The Morgan fingerprint density at radius 3 is 2.62 bits per heavy atom. The Labute approximate surface area is 101 Å². The SMILES string of the molecule is CCC1(CC)CN(CC(C)COC)CCN1. The summed E-state index contributed by atoms with van der Waals surface area (Å²) in [6, 6.07) is 0. The van der Waals surface area contributed by atoms with E-state index in [0.29, 0.717) is 11.5 Å². The molecule has 3 nitrogen and oxygen atoms in total. The van der Waals surface area contributed by atoms with Gasteiger partial charge in [-0.3, -0.25) is 4.90 Å². The summed E-state index contributed by atoms with van der Waals surface area (Å²) in [6.07, 6.45) is 2.44. The number of hydrogen-bond donors (Lipinski definition) is 1. The van der Waals surface area contributed by atoms with Gasteiger partial charge >= 0.3 is 0 Å². The second-order valence-corrected chi connectivity index (χ2v) is 5.21. The summed E-state index contributed by atoms with van der Waals surface area (Å²) in [6.45, 7) is 12.4. The van der Waals surface area contributed by atoms with Crippen LogP contribution in [0.15, 0.2) is 0 Å². The van der Waals surface area contributed by atoms with Crippen LogP contribution in [-0.2, 0) is 4.74 Å². The molecule has 96 valence electrons. The molecule has 0 aromatic carbocycles. The second-order valence-electron chi connectivity index (χ2n) is 5.21. The van der Waals surface area contributed by atoms with Gasteiger partial charge in [-0.1, -0.05) is 20.8 Å². The minimum Gasteiger partial charge on any atom is -0.384 e. The zero-order chi connectivity index (χ0) is 12.0. The van der Waals surface area contributed by atoms with Crippen LogP contribution >= 0.6 is 0 Å². The van der Waals surface area contributed by atoms with E-state index in [4.69, 9.17) is 4.74 Å². The number of ether oxygens (including phenoxy) is 1. The maximum Gasteiger partial charge on any atom is 0.0500 e. The molecule has 1 aliphatic heterocycles. The smallest absolute Gasteiger partial charge is 0.0500 e. The molecule has 0 spiro atoms. The molecule has 16 heavy (non-hydrogen) atoms. The van der Waals surface area contributed by atoms with Crippen LogP contribution in [0.25, 0.3) is 0 Å². The Hall–Kier alpha value is -0.120. The molecule has 1 N–H and O–H groups in total. The van der Waals surface area contributed by atoms with Gasteiger partial charge in [0.2, 0.25) is 0 Å². The van der Waals surface area contributed by atoms with Crippen molar-refractivity contribution in [3.63, 3.8) is 0 Å². The second kappa shape index (κ2) is 6.58. The zero-order valence-corrected chi connectivity index (χ0v) is 11.4. The molecule has 0 aromatic rings. The van der Waals surface area contributed by atoms with Crippen molar-refractivity contribution in [2.75, 3.05) is 39.9 Å². The number of hydrogen-bond acceptors (Lipinski definition) is 3. The van der Waals surface area contributed by atoms with E-state index in [9.17, 15) is 0 Å². The molecule has 1 aliphatic rings. The molecule has 1 saturated heterocycles. The lowest BCUT2D eigenvalue weighted by Crippen LogP contribution is -2.60. The molecule has 3 heteroatoms. The molecular formula is C13H28N2O. The summed E-state index contributed by atoms with van der Waals surface area (Å²) in [5.74, 6) is 0.634. The minimum absolute atomic E-state index is 0.352. The van der Waals surface area contributed by atoms with Crippen molar-refractivity contribution in [3.8, 4) is 0 Å². The van der Waals surface area contributed by atoms with E-state index in [-0.39, 0.29) is 0 Å². The molecule has 0 aromatic heterocycles. The van der Waals surface area contributed by atoms with Crippen LogP contribution in [-0.4, -0.2) is 50.3 Å². The highest BCUT2D eigenvalue weighted by atomic mass is 16.5. The number of piperazine rings is 1. The van der Waals surface area contributed by atoms with Crippen molar-refractivity contribution in [1.29, 1.82) is 0 Å². The minimum atomic E-state index is 0.352. The van der Waals surface area contributed by atoms with E-state index >= 15 is 0 Å². The Kier molecular flexibility index (Phi) is 5.73. The molecular weight excluding hydrogens is 200 g/mol. The van der Waals surface area contributed by atoms with Crippen LogP contribution < -0.4 is 5.32 Å². The van der Waals surface area contributed by atoms with Crippen LogP contribution in [0.5, 0.6) is 0 Å². The summed E-state index contributed by atoms with van der Waals surface area (Å²) in [4.78, 5) is 2.59. The molecule has 0 amide bonds. The van der Waals surface area contributed by atoms with Crippen LogP contribution in [0.3, 0.4) is 0 Å². The fourth-order valence-corrected chi connectivity index (χ4v) is 2.70. The first-order valence-electron chi connectivity index (χ1n) is 6.62. The highest BCUT2D eigenvalue weighted by Gasteiger charge is 2.31. The molecule has 1 atom stereocenters. The van der Waals surface area contributed by atoms with E-state index in [1.807, 2.05) is 0 Å². The first-order valence-corrected chi connectivity index (χ1v) is 6.62. The van der Waals surface area contributed by atoms with Crippen molar-refractivity contribution >= 4 is 0 Å². The van der Waals surface area contributed by atoms with Gasteiger partial charge in [-0.25, -0.2) is 0 Å². The van der Waals surface area contributed by atoms with Gasteiger partial charge in [0, 0.05) is 45.4 Å². The van der Waals surface area contributed by atoms with E-state index < -0.39 is 0 Å². The average molecular weight is 228 g/mol. The highest BCUT2D eigenvalue weighted by Crippen LogP contribution is 2.20. The van der Waals surface area contributed by atoms with Gasteiger partial charge in [0.05, 0.1) is 0 Å². The summed E-state index contributed by atoms with van der Waals surface area (Å²) < 4.78 is 5.21. The molecule has 0 radical (unpaired) electrons. The molecule has 0 aliphatic carbocycles. The van der Waals surface area contributed by atoms with Crippen molar-refractivity contribution in [2.45, 2.75) is 39.2 Å². The normalized spacial score (nSPS) is 23.2. The summed E-state index contributed by atoms with van der Waals surface area (Å²) in [7, 11) is 1.79. The maximum absolute atomic E-state index is 5.21. The van der Waals surface area contributed by atoms with Crippen molar-refractivity contribution < 1.29 is 4.74 Å². The maximum atomic E-state index is 5.21. The van der Waals surface area contributed by atoms with Gasteiger partial charge in [0.15, 0.2) is 0 Å². The van der Waals surface area contributed by atoms with Crippen LogP contribution in [0.4, 0.5) is 0 Å². The third-order valence-corrected chi connectivity index (χ3v) is 3.83. The van der Waals surface area contributed by atoms with E-state index in [2.05, 4.69) is 31.0 Å². The topological polar surface area (TPSA) is 24.5 Å². The fourth-order valence-electron chi connectivity index (χ4n) is 2.70. The number of nitrogens with one attached hydrogen (secondary N) is 1. The molecule has 1 unspecified atom stereocenters. The van der Waals surface area contributed by atoms with Crippen LogP contribution in [0.1, 0.15) is 33.6 Å². The average Bonchev–Trinajstić information content (AvgIpc) is 2.29. The molecule has 1 fully saturated rings. The standard InChI is InChI=1S/C13H28N2O/c1-5-13(6-2)11-15(8-7-14-13)9-12(3)10-16-4/h12,14H,5-11H2,1-4H3. The Balaban J connectivity index is 2.43. The van der Waals surface area contributed by atoms with Crippen LogP contribution in [0, 0.1) is 5.92 Å². The number of nitrogens with zero attached hydrogens (tertiary/aromatic N) is 1. The predicted molar refractivity (Wildman–Crippen MR) is 68.8 cm³/mol.